The Kier molecular flexibility index (Phi) is 4.02. The highest BCUT2D eigenvalue weighted by Crippen LogP contribution is 2.28. The van der Waals surface area contributed by atoms with Crippen molar-refractivity contribution in [3.8, 4) is 5.88 Å². The Hall–Kier alpha value is -1.09. The standard InChI is InChI=1S/C16H24N2O/c17-10-14-9-13-7-4-8-15(13)18-16(14)19-11-12-5-2-1-3-6-12/h9,12H,1-8,10-11,17H2. The molecule has 2 N–H and O–H groups in total. The van der Waals surface area contributed by atoms with Gasteiger partial charge in [0.1, 0.15) is 0 Å². The Morgan fingerprint density at radius 2 is 2.00 bits per heavy atom. The van der Waals surface area contributed by atoms with Gasteiger partial charge < -0.3 is 10.5 Å². The van der Waals surface area contributed by atoms with Crippen LogP contribution in [-0.2, 0) is 19.4 Å². The minimum Gasteiger partial charge on any atom is -0.477 e. The maximum absolute atomic E-state index is 6.00. The van der Waals surface area contributed by atoms with Gasteiger partial charge in [-0.25, -0.2) is 4.98 Å². The third-order valence-electron chi connectivity index (χ3n) is 4.49. The van der Waals surface area contributed by atoms with E-state index >= 15 is 0 Å². The molecule has 0 spiro atoms. The molecule has 0 atom stereocenters. The fourth-order valence-electron chi connectivity index (χ4n) is 3.32. The highest BCUT2D eigenvalue weighted by molar-refractivity contribution is 5.36. The van der Waals surface area contributed by atoms with E-state index in [1.165, 1.54) is 49.8 Å². The van der Waals surface area contributed by atoms with E-state index in [1.807, 2.05) is 0 Å². The summed E-state index contributed by atoms with van der Waals surface area (Å²) in [7, 11) is 0. The van der Waals surface area contributed by atoms with Crippen LogP contribution in [-0.4, -0.2) is 11.6 Å². The summed E-state index contributed by atoms with van der Waals surface area (Å²) in [6, 6.07) is 2.21. The van der Waals surface area contributed by atoms with Gasteiger partial charge in [-0.2, -0.15) is 0 Å². The van der Waals surface area contributed by atoms with Gasteiger partial charge in [0.15, 0.2) is 0 Å². The molecule has 3 heteroatoms. The summed E-state index contributed by atoms with van der Waals surface area (Å²) >= 11 is 0. The molecule has 0 aromatic carbocycles. The second-order valence-electron chi connectivity index (χ2n) is 5.93. The van der Waals surface area contributed by atoms with Gasteiger partial charge in [0.2, 0.25) is 5.88 Å². The van der Waals surface area contributed by atoms with Gasteiger partial charge in [-0.15, -0.1) is 0 Å². The monoisotopic (exact) mass is 260 g/mol. The van der Waals surface area contributed by atoms with Crippen LogP contribution in [0.5, 0.6) is 5.88 Å². The first-order valence-corrected chi connectivity index (χ1v) is 7.71. The number of pyridine rings is 1. The fourth-order valence-corrected chi connectivity index (χ4v) is 3.32. The zero-order valence-electron chi connectivity index (χ0n) is 11.7. The maximum atomic E-state index is 6.00. The molecular weight excluding hydrogens is 236 g/mol. The maximum Gasteiger partial charge on any atom is 0.218 e. The zero-order chi connectivity index (χ0) is 13.1. The molecule has 104 valence electrons. The Morgan fingerprint density at radius 1 is 1.16 bits per heavy atom. The van der Waals surface area contributed by atoms with Crippen LogP contribution in [0.25, 0.3) is 0 Å². The molecule has 1 fully saturated rings. The molecule has 0 aliphatic heterocycles. The summed E-state index contributed by atoms with van der Waals surface area (Å²) < 4.78 is 6.00. The van der Waals surface area contributed by atoms with E-state index in [0.29, 0.717) is 6.54 Å². The number of ether oxygens (including phenoxy) is 1. The van der Waals surface area contributed by atoms with Crippen LogP contribution in [0.3, 0.4) is 0 Å². The molecule has 3 nitrogen and oxygen atoms in total. The first-order chi connectivity index (χ1) is 9.36. The summed E-state index contributed by atoms with van der Waals surface area (Å²) in [5, 5.41) is 0. The molecule has 19 heavy (non-hydrogen) atoms. The minimum absolute atomic E-state index is 0.528. The Labute approximate surface area is 115 Å². The van der Waals surface area contributed by atoms with E-state index in [2.05, 4.69) is 6.07 Å². The number of rotatable bonds is 4. The molecule has 1 heterocycles. The highest BCUT2D eigenvalue weighted by atomic mass is 16.5. The van der Waals surface area contributed by atoms with Gasteiger partial charge >= 0.3 is 0 Å². The molecule has 0 unspecified atom stereocenters. The molecule has 2 aliphatic carbocycles. The van der Waals surface area contributed by atoms with Crippen molar-refractivity contribution in [2.24, 2.45) is 11.7 Å². The van der Waals surface area contributed by atoms with Gasteiger partial charge in [0.05, 0.1) is 6.61 Å². The summed E-state index contributed by atoms with van der Waals surface area (Å²) in [4.78, 5) is 4.71. The van der Waals surface area contributed by atoms with Crippen LogP contribution in [0.1, 0.15) is 55.3 Å². The van der Waals surface area contributed by atoms with E-state index in [4.69, 9.17) is 15.5 Å². The summed E-state index contributed by atoms with van der Waals surface area (Å²) in [5.41, 5.74) is 9.53. The Balaban J connectivity index is 1.69. The van der Waals surface area contributed by atoms with Crippen molar-refractivity contribution in [1.82, 2.24) is 4.98 Å². The minimum atomic E-state index is 0.528. The predicted molar refractivity (Wildman–Crippen MR) is 76.2 cm³/mol. The molecule has 1 aromatic heterocycles. The van der Waals surface area contributed by atoms with Crippen molar-refractivity contribution in [2.75, 3.05) is 6.61 Å². The number of aryl methyl sites for hydroxylation is 2. The molecule has 0 bridgehead atoms. The second-order valence-corrected chi connectivity index (χ2v) is 5.93. The van der Waals surface area contributed by atoms with Gasteiger partial charge in [0.25, 0.3) is 0 Å². The number of hydrogen-bond acceptors (Lipinski definition) is 3. The van der Waals surface area contributed by atoms with Crippen LogP contribution >= 0.6 is 0 Å². The second kappa shape index (κ2) is 5.91. The largest absolute Gasteiger partial charge is 0.477 e. The molecule has 1 aromatic rings. The van der Waals surface area contributed by atoms with Crippen molar-refractivity contribution < 1.29 is 4.74 Å². The first-order valence-electron chi connectivity index (χ1n) is 7.71. The summed E-state index contributed by atoms with van der Waals surface area (Å²) in [6.45, 7) is 1.35. The van der Waals surface area contributed by atoms with E-state index < -0.39 is 0 Å². The quantitative estimate of drug-likeness (QED) is 0.905. The molecule has 0 amide bonds. The van der Waals surface area contributed by atoms with Crippen molar-refractivity contribution in [2.45, 2.75) is 57.9 Å². The number of aromatic nitrogens is 1. The summed E-state index contributed by atoms with van der Waals surface area (Å²) in [5.74, 6) is 1.52. The molecule has 3 rings (SSSR count). The van der Waals surface area contributed by atoms with Gasteiger partial charge in [-0.1, -0.05) is 19.3 Å². The first kappa shape index (κ1) is 12.9. The molecule has 0 saturated heterocycles. The average Bonchev–Trinajstić information content (AvgIpc) is 2.92. The van der Waals surface area contributed by atoms with Crippen molar-refractivity contribution in [3.63, 3.8) is 0 Å². The average molecular weight is 260 g/mol. The summed E-state index contributed by atoms with van der Waals surface area (Å²) in [6.07, 6.45) is 10.2. The third kappa shape index (κ3) is 2.92. The van der Waals surface area contributed by atoms with Crippen LogP contribution in [0.2, 0.25) is 0 Å². The van der Waals surface area contributed by atoms with Crippen molar-refractivity contribution in [3.05, 3.63) is 22.9 Å². The van der Waals surface area contributed by atoms with Gasteiger partial charge in [-0.3, -0.25) is 0 Å². The normalized spacial score (nSPS) is 19.4. The molecule has 1 saturated carbocycles. The Bertz CT molecular complexity index is 439. The van der Waals surface area contributed by atoms with Gasteiger partial charge in [-0.05, 0) is 49.7 Å². The Morgan fingerprint density at radius 3 is 2.79 bits per heavy atom. The number of nitrogens with two attached hydrogens (primary N) is 1. The number of nitrogens with zero attached hydrogens (tertiary/aromatic N) is 1. The zero-order valence-corrected chi connectivity index (χ0v) is 11.7. The van der Waals surface area contributed by atoms with E-state index in [9.17, 15) is 0 Å². The van der Waals surface area contributed by atoms with E-state index in [1.54, 1.807) is 0 Å². The lowest BCUT2D eigenvalue weighted by atomic mass is 9.90. The SMILES string of the molecule is NCc1cc2c(nc1OCC1CCCCC1)CCC2. The van der Waals surface area contributed by atoms with Crippen LogP contribution < -0.4 is 10.5 Å². The van der Waals surface area contributed by atoms with Crippen molar-refractivity contribution >= 4 is 0 Å². The van der Waals surface area contributed by atoms with E-state index in [-0.39, 0.29) is 0 Å². The van der Waals surface area contributed by atoms with Crippen LogP contribution in [0.4, 0.5) is 0 Å². The fraction of sp³-hybridized carbons (Fsp3) is 0.688. The highest BCUT2D eigenvalue weighted by Gasteiger charge is 2.19. The molecule has 0 radical (unpaired) electrons. The lowest BCUT2D eigenvalue weighted by Gasteiger charge is -2.22. The van der Waals surface area contributed by atoms with Crippen molar-refractivity contribution in [1.29, 1.82) is 0 Å². The smallest absolute Gasteiger partial charge is 0.218 e. The lowest BCUT2D eigenvalue weighted by molar-refractivity contribution is 0.201. The van der Waals surface area contributed by atoms with E-state index in [0.717, 1.165) is 36.8 Å². The topological polar surface area (TPSA) is 48.1 Å². The molecular formula is C16H24N2O. The number of fused-ring (bicyclic) bond motifs is 1. The van der Waals surface area contributed by atoms with Crippen LogP contribution in [0, 0.1) is 5.92 Å². The van der Waals surface area contributed by atoms with Gasteiger partial charge in [0, 0.05) is 17.8 Å². The molecule has 2 aliphatic rings. The van der Waals surface area contributed by atoms with Crippen LogP contribution in [0.15, 0.2) is 6.07 Å². The predicted octanol–water partition coefficient (Wildman–Crippen LogP) is 2.99. The number of hydrogen-bond donors (Lipinski definition) is 1. The lowest BCUT2D eigenvalue weighted by Crippen LogP contribution is -2.17. The third-order valence-corrected chi connectivity index (χ3v) is 4.49.